The van der Waals surface area contributed by atoms with Crippen LogP contribution < -0.4 is 4.18 Å². The number of rotatable bonds is 6. The molecule has 0 bridgehead atoms. The van der Waals surface area contributed by atoms with E-state index in [-0.39, 0.29) is 12.1 Å². The van der Waals surface area contributed by atoms with E-state index in [4.69, 9.17) is 9.11 Å². The van der Waals surface area contributed by atoms with Crippen LogP contribution in [-0.4, -0.2) is 30.9 Å². The van der Waals surface area contributed by atoms with Crippen molar-refractivity contribution in [1.29, 1.82) is 0 Å². The second-order valence-corrected chi connectivity index (χ2v) is 6.31. The van der Waals surface area contributed by atoms with Crippen molar-refractivity contribution in [3.05, 3.63) is 24.0 Å². The minimum atomic E-state index is -4.81. The average molecular weight is 311 g/mol. The van der Waals surface area contributed by atoms with Gasteiger partial charge in [-0.05, 0) is 18.6 Å². The van der Waals surface area contributed by atoms with Crippen LogP contribution in [0.5, 0.6) is 5.75 Å². The van der Waals surface area contributed by atoms with Gasteiger partial charge in [0.05, 0.1) is 0 Å². The molecule has 0 fully saturated rings. The van der Waals surface area contributed by atoms with E-state index in [9.17, 15) is 16.8 Å². The van der Waals surface area contributed by atoms with E-state index in [1.807, 2.05) is 0 Å². The van der Waals surface area contributed by atoms with Gasteiger partial charge in [0.2, 0.25) is 0 Å². The summed E-state index contributed by atoms with van der Waals surface area (Å²) < 4.78 is 65.9. The third kappa shape index (κ3) is 4.74. The number of hydrogen-bond donors (Lipinski definition) is 2. The zero-order chi connectivity index (χ0) is 14.7. The monoisotopic (exact) mass is 311 g/mol. The van der Waals surface area contributed by atoms with Gasteiger partial charge in [0.25, 0.3) is 10.1 Å². The summed E-state index contributed by atoms with van der Waals surface area (Å²) in [5, 5.41) is -1.42. The Hall–Kier alpha value is -1.23. The molecule has 1 atom stereocenters. The van der Waals surface area contributed by atoms with Gasteiger partial charge in [-0.3, -0.25) is 14.1 Å². The fraction of sp³-hybridized carbons (Fsp3) is 0.444. The third-order valence-electron chi connectivity index (χ3n) is 2.21. The van der Waals surface area contributed by atoms with Crippen molar-refractivity contribution < 1.29 is 30.1 Å². The largest absolute Gasteiger partial charge is 0.446 e. The molecule has 0 aliphatic carbocycles. The second-order valence-electron chi connectivity index (χ2n) is 3.69. The molecule has 10 heteroatoms. The highest BCUT2D eigenvalue weighted by Crippen LogP contribution is 2.32. The molecule has 0 spiro atoms. The molecular formula is C9H13NO7S2. The minimum Gasteiger partial charge on any atom is -0.360 e. The van der Waals surface area contributed by atoms with Gasteiger partial charge in [-0.15, -0.1) is 0 Å². The SMILES string of the molecule is CCCC(c1ncccc1OS(=O)(=O)O)S(=O)(=O)O. The maximum absolute atomic E-state index is 11.3. The van der Waals surface area contributed by atoms with Crippen molar-refractivity contribution in [1.82, 2.24) is 4.98 Å². The van der Waals surface area contributed by atoms with Gasteiger partial charge in [-0.1, -0.05) is 13.3 Å². The van der Waals surface area contributed by atoms with E-state index in [2.05, 4.69) is 9.17 Å². The van der Waals surface area contributed by atoms with E-state index in [0.717, 1.165) is 6.07 Å². The topological polar surface area (TPSA) is 131 Å². The first-order valence-corrected chi connectivity index (χ1v) is 8.10. The summed E-state index contributed by atoms with van der Waals surface area (Å²) in [4.78, 5) is 3.71. The molecular weight excluding hydrogens is 298 g/mol. The van der Waals surface area contributed by atoms with Crippen molar-refractivity contribution in [3.63, 3.8) is 0 Å². The summed E-state index contributed by atoms with van der Waals surface area (Å²) in [5.41, 5.74) is -0.274. The van der Waals surface area contributed by atoms with Crippen molar-refractivity contribution >= 4 is 20.5 Å². The number of aromatic nitrogens is 1. The van der Waals surface area contributed by atoms with E-state index in [0.29, 0.717) is 6.42 Å². The van der Waals surface area contributed by atoms with E-state index in [1.54, 1.807) is 6.92 Å². The van der Waals surface area contributed by atoms with Crippen molar-refractivity contribution in [2.45, 2.75) is 25.0 Å². The van der Waals surface area contributed by atoms with Crippen molar-refractivity contribution in [3.8, 4) is 5.75 Å². The van der Waals surface area contributed by atoms with Crippen LogP contribution in [0, 0.1) is 0 Å². The van der Waals surface area contributed by atoms with Crippen LogP contribution in [0.3, 0.4) is 0 Å². The highest BCUT2D eigenvalue weighted by atomic mass is 32.3. The first kappa shape index (κ1) is 15.8. The van der Waals surface area contributed by atoms with Crippen LogP contribution in [0.1, 0.15) is 30.7 Å². The predicted molar refractivity (Wildman–Crippen MR) is 65.6 cm³/mol. The Morgan fingerprint density at radius 1 is 1.32 bits per heavy atom. The van der Waals surface area contributed by atoms with Gasteiger partial charge in [-0.2, -0.15) is 16.8 Å². The summed E-state index contributed by atoms with van der Waals surface area (Å²) in [5.74, 6) is -0.443. The van der Waals surface area contributed by atoms with E-state index >= 15 is 0 Å². The molecule has 108 valence electrons. The highest BCUT2D eigenvalue weighted by molar-refractivity contribution is 7.86. The van der Waals surface area contributed by atoms with Gasteiger partial charge >= 0.3 is 10.4 Å². The summed E-state index contributed by atoms with van der Waals surface area (Å²) >= 11 is 0. The lowest BCUT2D eigenvalue weighted by molar-refractivity contribution is 0.382. The molecule has 0 radical (unpaired) electrons. The minimum absolute atomic E-state index is 0.0255. The lowest BCUT2D eigenvalue weighted by Crippen LogP contribution is -2.16. The summed E-state index contributed by atoms with van der Waals surface area (Å²) in [7, 11) is -9.29. The van der Waals surface area contributed by atoms with Gasteiger partial charge in [-0.25, -0.2) is 0 Å². The van der Waals surface area contributed by atoms with E-state index < -0.39 is 31.5 Å². The molecule has 1 unspecified atom stereocenters. The Morgan fingerprint density at radius 3 is 2.42 bits per heavy atom. The lowest BCUT2D eigenvalue weighted by atomic mass is 10.1. The van der Waals surface area contributed by atoms with Gasteiger partial charge < -0.3 is 4.18 Å². The quantitative estimate of drug-likeness (QED) is 0.744. The Balaban J connectivity index is 3.32. The van der Waals surface area contributed by atoms with Crippen molar-refractivity contribution in [2.75, 3.05) is 0 Å². The Morgan fingerprint density at radius 2 is 1.95 bits per heavy atom. The Kier molecular flexibility index (Phi) is 4.85. The Labute approximate surface area is 111 Å². The molecule has 1 aromatic heterocycles. The van der Waals surface area contributed by atoms with E-state index in [1.165, 1.54) is 12.3 Å². The summed E-state index contributed by atoms with van der Waals surface area (Å²) in [6.45, 7) is 1.68. The zero-order valence-electron chi connectivity index (χ0n) is 9.92. The van der Waals surface area contributed by atoms with Crippen LogP contribution in [-0.2, 0) is 20.5 Å². The lowest BCUT2D eigenvalue weighted by Gasteiger charge is -2.15. The number of nitrogens with zero attached hydrogens (tertiary/aromatic N) is 1. The van der Waals surface area contributed by atoms with Crippen LogP contribution in [0.2, 0.25) is 0 Å². The molecule has 0 aromatic carbocycles. The van der Waals surface area contributed by atoms with Gasteiger partial charge in [0, 0.05) is 6.20 Å². The smallest absolute Gasteiger partial charge is 0.360 e. The average Bonchev–Trinajstić information content (AvgIpc) is 2.23. The van der Waals surface area contributed by atoms with Crippen LogP contribution in [0.25, 0.3) is 0 Å². The van der Waals surface area contributed by atoms with Crippen LogP contribution >= 0.6 is 0 Å². The molecule has 0 saturated carbocycles. The first-order valence-electron chi connectivity index (χ1n) is 5.23. The summed E-state index contributed by atoms with van der Waals surface area (Å²) in [6, 6.07) is 2.43. The molecule has 1 rings (SSSR count). The molecule has 1 aromatic rings. The second kappa shape index (κ2) is 5.82. The molecule has 0 aliphatic heterocycles. The number of hydrogen-bond acceptors (Lipinski definition) is 6. The fourth-order valence-electron chi connectivity index (χ4n) is 1.52. The highest BCUT2D eigenvalue weighted by Gasteiger charge is 2.29. The first-order chi connectivity index (χ1) is 8.65. The molecule has 0 aliphatic rings. The van der Waals surface area contributed by atoms with Gasteiger partial charge in [0.1, 0.15) is 10.9 Å². The zero-order valence-corrected chi connectivity index (χ0v) is 11.6. The van der Waals surface area contributed by atoms with Gasteiger partial charge in [0.15, 0.2) is 5.75 Å². The standard InChI is InChI=1S/C9H13NO7S2/c1-2-4-8(18(11,12)13)9-7(5-3-6-10-9)17-19(14,15)16/h3,5-6,8H,2,4H2,1H3,(H,11,12,13)(H,14,15,16). The Bertz CT molecular complexity index is 638. The molecule has 19 heavy (non-hydrogen) atoms. The molecule has 1 heterocycles. The third-order valence-corrected chi connectivity index (χ3v) is 3.78. The van der Waals surface area contributed by atoms with Crippen molar-refractivity contribution in [2.24, 2.45) is 0 Å². The maximum atomic E-state index is 11.3. The normalized spacial score (nSPS) is 14.1. The molecule has 2 N–H and O–H groups in total. The summed E-state index contributed by atoms with van der Waals surface area (Å²) in [6.07, 6.45) is 1.66. The molecule has 8 nitrogen and oxygen atoms in total. The molecule has 0 saturated heterocycles. The fourth-order valence-corrected chi connectivity index (χ4v) is 2.88. The maximum Gasteiger partial charge on any atom is 0.446 e. The number of pyridine rings is 1. The van der Waals surface area contributed by atoms with Crippen LogP contribution in [0.4, 0.5) is 0 Å². The molecule has 0 amide bonds. The predicted octanol–water partition coefficient (Wildman–Crippen LogP) is 0.992. The van der Waals surface area contributed by atoms with Crippen LogP contribution in [0.15, 0.2) is 18.3 Å².